The van der Waals surface area contributed by atoms with Crippen LogP contribution in [0.2, 0.25) is 0 Å². The fraction of sp³-hybridized carbons (Fsp3) is 0.105. The average Bonchev–Trinajstić information content (AvgIpc) is 3.25. The highest BCUT2D eigenvalue weighted by Gasteiger charge is 2.22. The molecular formula is C19H14N4O2S. The number of carbonyl (C=O) groups is 1. The molecule has 4 aromatic rings. The first-order valence-electron chi connectivity index (χ1n) is 8.04. The number of nitrogens with one attached hydrogen (secondary N) is 1. The van der Waals surface area contributed by atoms with Gasteiger partial charge in [-0.3, -0.25) is 9.20 Å². The van der Waals surface area contributed by atoms with E-state index < -0.39 is 0 Å². The highest BCUT2D eigenvalue weighted by molar-refractivity contribution is 7.78. The van der Waals surface area contributed by atoms with Gasteiger partial charge in [0.05, 0.1) is 11.7 Å². The third-order valence-corrected chi connectivity index (χ3v) is 4.20. The van der Waals surface area contributed by atoms with Crippen LogP contribution in [0, 0.1) is 0 Å². The van der Waals surface area contributed by atoms with Crippen LogP contribution < -0.4 is 5.32 Å². The standard InChI is InChI=1S/C19H14N4O2S/c24-18(21-8-7-20-12-26)17-16(22-19-23(17)9-10-25-19)15-6-5-13-3-1-2-4-14(13)11-15/h1-6,9-11H,7-8H2,(H,21,24). The van der Waals surface area contributed by atoms with Gasteiger partial charge in [-0.15, -0.1) is 0 Å². The molecule has 2 aromatic heterocycles. The largest absolute Gasteiger partial charge is 0.432 e. The minimum Gasteiger partial charge on any atom is -0.432 e. The highest BCUT2D eigenvalue weighted by Crippen LogP contribution is 2.28. The molecule has 0 radical (unpaired) electrons. The Morgan fingerprint density at radius 2 is 2.12 bits per heavy atom. The molecule has 0 aliphatic carbocycles. The van der Waals surface area contributed by atoms with Gasteiger partial charge < -0.3 is 9.73 Å². The number of aliphatic imine (C=N–C) groups is 1. The Morgan fingerprint density at radius 1 is 1.27 bits per heavy atom. The molecule has 0 saturated carbocycles. The normalized spacial score (nSPS) is 10.8. The van der Waals surface area contributed by atoms with E-state index in [4.69, 9.17) is 4.42 Å². The number of nitrogens with zero attached hydrogens (tertiary/aromatic N) is 3. The monoisotopic (exact) mass is 362 g/mol. The van der Waals surface area contributed by atoms with Crippen molar-refractivity contribution in [3.8, 4) is 11.3 Å². The van der Waals surface area contributed by atoms with Crippen molar-refractivity contribution >= 4 is 39.9 Å². The van der Waals surface area contributed by atoms with E-state index in [1.165, 1.54) is 6.26 Å². The predicted molar refractivity (Wildman–Crippen MR) is 103 cm³/mol. The first-order chi connectivity index (χ1) is 12.8. The lowest BCUT2D eigenvalue weighted by atomic mass is 10.0. The van der Waals surface area contributed by atoms with Gasteiger partial charge in [0.2, 0.25) is 0 Å². The van der Waals surface area contributed by atoms with E-state index in [9.17, 15) is 4.79 Å². The number of imidazole rings is 1. The number of isothiocyanates is 1. The van der Waals surface area contributed by atoms with Gasteiger partial charge in [0.15, 0.2) is 0 Å². The fourth-order valence-corrected chi connectivity index (χ4v) is 2.99. The number of thiocarbonyl (C=S) groups is 1. The molecule has 0 spiro atoms. The van der Waals surface area contributed by atoms with Crippen molar-refractivity contribution in [3.05, 3.63) is 60.6 Å². The molecule has 7 heteroatoms. The van der Waals surface area contributed by atoms with E-state index >= 15 is 0 Å². The zero-order chi connectivity index (χ0) is 17.9. The summed E-state index contributed by atoms with van der Waals surface area (Å²) in [6.45, 7) is 0.749. The third kappa shape index (κ3) is 2.90. The number of aromatic nitrogens is 2. The summed E-state index contributed by atoms with van der Waals surface area (Å²) in [4.78, 5) is 21.0. The number of hydrogen-bond donors (Lipinski definition) is 1. The Labute approximate surface area is 154 Å². The van der Waals surface area contributed by atoms with E-state index in [0.717, 1.165) is 16.3 Å². The van der Waals surface area contributed by atoms with E-state index in [1.807, 2.05) is 42.5 Å². The maximum atomic E-state index is 12.7. The fourth-order valence-electron chi connectivity index (χ4n) is 2.90. The Kier molecular flexibility index (Phi) is 4.31. The van der Waals surface area contributed by atoms with Crippen LogP contribution in [-0.4, -0.2) is 33.5 Å². The molecule has 128 valence electrons. The average molecular weight is 362 g/mol. The van der Waals surface area contributed by atoms with Gasteiger partial charge in [0.25, 0.3) is 5.91 Å². The Balaban J connectivity index is 1.77. The topological polar surface area (TPSA) is 71.9 Å². The van der Waals surface area contributed by atoms with E-state index in [1.54, 1.807) is 10.6 Å². The lowest BCUT2D eigenvalue weighted by Gasteiger charge is -2.06. The number of benzene rings is 2. The van der Waals surface area contributed by atoms with E-state index in [-0.39, 0.29) is 5.91 Å². The lowest BCUT2D eigenvalue weighted by Crippen LogP contribution is -2.27. The first kappa shape index (κ1) is 16.2. The maximum Gasteiger partial charge on any atom is 0.306 e. The van der Waals surface area contributed by atoms with Crippen molar-refractivity contribution in [1.82, 2.24) is 14.7 Å². The lowest BCUT2D eigenvalue weighted by molar-refractivity contribution is 0.0949. The SMILES string of the molecule is O=C(NCCN=C=S)c1c(-c2ccc3ccccc3c2)nc2occn12. The summed E-state index contributed by atoms with van der Waals surface area (Å²) in [5.41, 5.74) is 1.85. The molecule has 0 aliphatic rings. The maximum absolute atomic E-state index is 12.7. The van der Waals surface area contributed by atoms with Crippen LogP contribution in [0.1, 0.15) is 10.5 Å². The number of rotatable bonds is 5. The second-order valence-electron chi connectivity index (χ2n) is 5.66. The Morgan fingerprint density at radius 3 is 2.96 bits per heavy atom. The summed E-state index contributed by atoms with van der Waals surface area (Å²) < 4.78 is 7.01. The van der Waals surface area contributed by atoms with Crippen LogP contribution in [-0.2, 0) is 0 Å². The van der Waals surface area contributed by atoms with Gasteiger partial charge in [-0.05, 0) is 29.1 Å². The number of fused-ring (bicyclic) bond motifs is 2. The van der Waals surface area contributed by atoms with Gasteiger partial charge in [0, 0.05) is 18.3 Å². The molecule has 1 amide bonds. The molecule has 0 atom stereocenters. The number of carbonyl (C=O) groups excluding carboxylic acids is 1. The van der Waals surface area contributed by atoms with Crippen LogP contribution >= 0.6 is 12.2 Å². The zero-order valence-corrected chi connectivity index (χ0v) is 14.5. The third-order valence-electron chi connectivity index (χ3n) is 4.07. The summed E-state index contributed by atoms with van der Waals surface area (Å²) in [5.74, 6) is 0.122. The van der Waals surface area contributed by atoms with Crippen LogP contribution in [0.5, 0.6) is 0 Å². The minimum absolute atomic E-state index is 0.248. The summed E-state index contributed by atoms with van der Waals surface area (Å²) in [6.07, 6.45) is 3.18. The summed E-state index contributed by atoms with van der Waals surface area (Å²) in [6, 6.07) is 14.0. The first-order valence-corrected chi connectivity index (χ1v) is 8.45. The summed E-state index contributed by atoms with van der Waals surface area (Å²) >= 11 is 4.53. The van der Waals surface area contributed by atoms with Crippen molar-refractivity contribution in [3.63, 3.8) is 0 Å². The molecule has 4 rings (SSSR count). The van der Waals surface area contributed by atoms with Gasteiger partial charge in [-0.25, -0.2) is 4.99 Å². The number of amides is 1. The van der Waals surface area contributed by atoms with Crippen molar-refractivity contribution in [2.45, 2.75) is 0 Å². The molecule has 0 bridgehead atoms. The van der Waals surface area contributed by atoms with Crippen molar-refractivity contribution < 1.29 is 9.21 Å². The summed E-state index contributed by atoms with van der Waals surface area (Å²) in [5, 5.41) is 7.32. The van der Waals surface area contributed by atoms with Crippen LogP contribution in [0.15, 0.2) is 64.3 Å². The quantitative estimate of drug-likeness (QED) is 0.335. The number of oxazole rings is 1. The van der Waals surface area contributed by atoms with Gasteiger partial charge >= 0.3 is 5.84 Å². The Hall–Kier alpha value is -3.28. The van der Waals surface area contributed by atoms with Crippen molar-refractivity contribution in [2.75, 3.05) is 13.1 Å². The molecule has 0 aliphatic heterocycles. The second-order valence-corrected chi connectivity index (χ2v) is 5.84. The molecule has 6 nitrogen and oxygen atoms in total. The van der Waals surface area contributed by atoms with Crippen molar-refractivity contribution in [2.24, 2.45) is 4.99 Å². The van der Waals surface area contributed by atoms with E-state index in [0.29, 0.717) is 30.3 Å². The molecule has 0 unspecified atom stereocenters. The molecule has 0 fully saturated rings. The van der Waals surface area contributed by atoms with E-state index in [2.05, 4.69) is 32.7 Å². The minimum atomic E-state index is -0.248. The molecular weight excluding hydrogens is 348 g/mol. The molecule has 1 N–H and O–H groups in total. The summed E-state index contributed by atoms with van der Waals surface area (Å²) in [7, 11) is 0. The van der Waals surface area contributed by atoms with Crippen LogP contribution in [0.3, 0.4) is 0 Å². The number of hydrogen-bond acceptors (Lipinski definition) is 5. The predicted octanol–water partition coefficient (Wildman–Crippen LogP) is 3.58. The van der Waals surface area contributed by atoms with Crippen molar-refractivity contribution in [1.29, 1.82) is 0 Å². The molecule has 2 aromatic carbocycles. The zero-order valence-electron chi connectivity index (χ0n) is 13.7. The molecule has 0 saturated heterocycles. The smallest absolute Gasteiger partial charge is 0.306 e. The molecule has 2 heterocycles. The highest BCUT2D eigenvalue weighted by atomic mass is 32.1. The van der Waals surface area contributed by atoms with Gasteiger partial charge in [-0.2, -0.15) is 4.98 Å². The van der Waals surface area contributed by atoms with Gasteiger partial charge in [-0.1, -0.05) is 36.4 Å². The van der Waals surface area contributed by atoms with Crippen LogP contribution in [0.4, 0.5) is 0 Å². The van der Waals surface area contributed by atoms with Gasteiger partial charge in [0.1, 0.15) is 17.7 Å². The Bertz CT molecular complexity index is 1150. The second kappa shape index (κ2) is 6.92. The molecule has 26 heavy (non-hydrogen) atoms. The van der Waals surface area contributed by atoms with Crippen LogP contribution in [0.25, 0.3) is 27.9 Å².